The molecular weight excluding hydrogens is 318 g/mol. The maximum Gasteiger partial charge on any atom is 0.232 e. The molecular formula is C18H23N5O2. The lowest BCUT2D eigenvalue weighted by Gasteiger charge is -2.08. The van der Waals surface area contributed by atoms with E-state index in [-0.39, 0.29) is 5.84 Å². The van der Waals surface area contributed by atoms with E-state index in [1.807, 2.05) is 12.1 Å². The Morgan fingerprint density at radius 3 is 2.20 bits per heavy atom. The molecule has 0 fully saturated rings. The third-order valence-corrected chi connectivity index (χ3v) is 3.43. The predicted molar refractivity (Wildman–Crippen MR) is 97.6 cm³/mol. The van der Waals surface area contributed by atoms with Crippen LogP contribution in [0.3, 0.4) is 0 Å². The fourth-order valence-corrected chi connectivity index (χ4v) is 2.03. The van der Waals surface area contributed by atoms with Gasteiger partial charge in [-0.1, -0.05) is 6.58 Å². The van der Waals surface area contributed by atoms with Gasteiger partial charge in [0, 0.05) is 5.56 Å². The highest BCUT2D eigenvalue weighted by molar-refractivity contribution is 5.94. The van der Waals surface area contributed by atoms with E-state index in [1.54, 1.807) is 24.5 Å². The molecule has 0 spiro atoms. The predicted octanol–water partition coefficient (Wildman–Crippen LogP) is 2.32. The molecule has 0 unspecified atom stereocenters. The van der Waals surface area contributed by atoms with Gasteiger partial charge in [-0.2, -0.15) is 0 Å². The molecule has 0 saturated carbocycles. The maximum atomic E-state index is 7.34. The van der Waals surface area contributed by atoms with E-state index in [9.17, 15) is 0 Å². The third kappa shape index (κ3) is 6.14. The summed E-state index contributed by atoms with van der Waals surface area (Å²) < 4.78 is 11.2. The van der Waals surface area contributed by atoms with Crippen LogP contribution in [0, 0.1) is 5.41 Å². The minimum Gasteiger partial charge on any atom is -0.494 e. The molecule has 25 heavy (non-hydrogen) atoms. The Hall–Kier alpha value is -3.09. The molecule has 1 aromatic heterocycles. The summed E-state index contributed by atoms with van der Waals surface area (Å²) in [5.41, 5.74) is 12.6. The number of hydrogen-bond acceptors (Lipinski definition) is 6. The number of nitrogen functional groups attached to an aromatic ring is 1. The fraction of sp³-hybridized carbons (Fsp3) is 0.278. The number of unbranched alkanes of at least 4 members (excludes halogenated alkanes) is 2. The van der Waals surface area contributed by atoms with Crippen LogP contribution >= 0.6 is 0 Å². The van der Waals surface area contributed by atoms with Crippen LogP contribution in [0.4, 0.5) is 0 Å². The van der Waals surface area contributed by atoms with Gasteiger partial charge in [-0.15, -0.1) is 0 Å². The van der Waals surface area contributed by atoms with E-state index in [4.69, 9.17) is 26.4 Å². The average molecular weight is 341 g/mol. The van der Waals surface area contributed by atoms with E-state index in [1.165, 1.54) is 0 Å². The highest BCUT2D eigenvalue weighted by Crippen LogP contribution is 2.13. The summed E-state index contributed by atoms with van der Waals surface area (Å²) in [5.74, 6) is 1.31. The van der Waals surface area contributed by atoms with Crippen molar-refractivity contribution in [2.45, 2.75) is 19.3 Å². The molecule has 0 aliphatic heterocycles. The van der Waals surface area contributed by atoms with Gasteiger partial charge in [0.25, 0.3) is 0 Å². The van der Waals surface area contributed by atoms with Gasteiger partial charge in [0.2, 0.25) is 5.88 Å². The van der Waals surface area contributed by atoms with Gasteiger partial charge in [0.05, 0.1) is 31.3 Å². The monoisotopic (exact) mass is 341 g/mol. The number of nitrogens with two attached hydrogens (primary N) is 2. The highest BCUT2D eigenvalue weighted by atomic mass is 16.5. The van der Waals surface area contributed by atoms with E-state index in [0.29, 0.717) is 36.0 Å². The SMILES string of the molecule is C=C(N)c1cnc(OCCCCCOc2ccc(C(=N)N)cc2)cn1. The second-order valence-electron chi connectivity index (χ2n) is 5.46. The first kappa shape index (κ1) is 18.3. The van der Waals surface area contributed by atoms with Crippen molar-refractivity contribution in [3.63, 3.8) is 0 Å². The summed E-state index contributed by atoms with van der Waals surface area (Å²) in [4.78, 5) is 8.22. The van der Waals surface area contributed by atoms with Gasteiger partial charge in [0.15, 0.2) is 0 Å². The van der Waals surface area contributed by atoms with Gasteiger partial charge in [-0.05, 0) is 43.5 Å². The summed E-state index contributed by atoms with van der Waals surface area (Å²) >= 11 is 0. The van der Waals surface area contributed by atoms with Gasteiger partial charge in [-0.25, -0.2) is 9.97 Å². The molecule has 0 radical (unpaired) electrons. The first-order valence-corrected chi connectivity index (χ1v) is 8.03. The number of hydrogen-bond donors (Lipinski definition) is 3. The number of nitrogens with zero attached hydrogens (tertiary/aromatic N) is 2. The van der Waals surface area contributed by atoms with Crippen LogP contribution in [0.2, 0.25) is 0 Å². The Bertz CT molecular complexity index is 637. The Morgan fingerprint density at radius 1 is 0.960 bits per heavy atom. The molecule has 0 bridgehead atoms. The molecule has 2 rings (SSSR count). The molecule has 5 N–H and O–H groups in total. The van der Waals surface area contributed by atoms with E-state index >= 15 is 0 Å². The van der Waals surface area contributed by atoms with E-state index in [0.717, 1.165) is 25.0 Å². The Balaban J connectivity index is 1.57. The third-order valence-electron chi connectivity index (χ3n) is 3.43. The summed E-state index contributed by atoms with van der Waals surface area (Å²) in [6.07, 6.45) is 5.90. The number of nitrogens with one attached hydrogen (secondary N) is 1. The zero-order valence-corrected chi connectivity index (χ0v) is 14.1. The zero-order chi connectivity index (χ0) is 18.1. The molecule has 2 aromatic rings. The minimum atomic E-state index is 0.0545. The lowest BCUT2D eigenvalue weighted by molar-refractivity contribution is 0.273. The van der Waals surface area contributed by atoms with Crippen LogP contribution < -0.4 is 20.9 Å². The Labute approximate surface area is 147 Å². The molecule has 0 aliphatic carbocycles. The molecule has 7 nitrogen and oxygen atoms in total. The van der Waals surface area contributed by atoms with Crippen LogP contribution in [0.25, 0.3) is 5.70 Å². The summed E-state index contributed by atoms with van der Waals surface area (Å²) in [7, 11) is 0. The molecule has 0 amide bonds. The standard InChI is InChI=1S/C18H23N5O2/c1-13(19)16-11-23-17(12-22-16)25-10-4-2-3-9-24-15-7-5-14(6-8-15)18(20)21/h5-8,11-12H,1-4,9-10,19H2,(H3,20,21). The van der Waals surface area contributed by atoms with Crippen molar-refractivity contribution < 1.29 is 9.47 Å². The molecule has 0 saturated heterocycles. The number of benzene rings is 1. The van der Waals surface area contributed by atoms with Gasteiger partial charge in [-0.3, -0.25) is 5.41 Å². The van der Waals surface area contributed by atoms with Crippen LogP contribution in [0.1, 0.15) is 30.5 Å². The number of ether oxygens (including phenoxy) is 2. The van der Waals surface area contributed by atoms with E-state index in [2.05, 4.69) is 16.5 Å². The summed E-state index contributed by atoms with van der Waals surface area (Å²) in [6, 6.07) is 7.19. The first-order chi connectivity index (χ1) is 12.1. The molecule has 1 aromatic carbocycles. The summed E-state index contributed by atoms with van der Waals surface area (Å²) in [5, 5.41) is 7.34. The fourth-order valence-electron chi connectivity index (χ4n) is 2.03. The maximum absolute atomic E-state index is 7.34. The highest BCUT2D eigenvalue weighted by Gasteiger charge is 2.00. The first-order valence-electron chi connectivity index (χ1n) is 8.03. The van der Waals surface area contributed by atoms with Crippen molar-refractivity contribution in [2.75, 3.05) is 13.2 Å². The zero-order valence-electron chi connectivity index (χ0n) is 14.1. The normalized spacial score (nSPS) is 10.2. The molecule has 132 valence electrons. The van der Waals surface area contributed by atoms with Crippen molar-refractivity contribution in [2.24, 2.45) is 11.5 Å². The Kier molecular flexibility index (Phi) is 6.76. The van der Waals surface area contributed by atoms with Crippen LogP contribution in [-0.2, 0) is 0 Å². The molecule has 0 aliphatic rings. The number of rotatable bonds is 10. The minimum absolute atomic E-state index is 0.0545. The van der Waals surface area contributed by atoms with Crippen molar-refractivity contribution in [3.8, 4) is 11.6 Å². The second-order valence-corrected chi connectivity index (χ2v) is 5.46. The van der Waals surface area contributed by atoms with Crippen molar-refractivity contribution in [1.82, 2.24) is 9.97 Å². The molecule has 0 atom stereocenters. The van der Waals surface area contributed by atoms with E-state index < -0.39 is 0 Å². The smallest absolute Gasteiger partial charge is 0.232 e. The second kappa shape index (κ2) is 9.27. The van der Waals surface area contributed by atoms with Crippen molar-refractivity contribution in [1.29, 1.82) is 5.41 Å². The van der Waals surface area contributed by atoms with Crippen LogP contribution in [0.5, 0.6) is 11.6 Å². The van der Waals surface area contributed by atoms with Crippen LogP contribution in [0.15, 0.2) is 43.2 Å². The van der Waals surface area contributed by atoms with Crippen molar-refractivity contribution in [3.05, 3.63) is 54.5 Å². The quantitative estimate of drug-likeness (QED) is 0.346. The number of amidine groups is 1. The Morgan fingerprint density at radius 2 is 1.64 bits per heavy atom. The molecule has 1 heterocycles. The largest absolute Gasteiger partial charge is 0.494 e. The lowest BCUT2D eigenvalue weighted by atomic mass is 10.2. The lowest BCUT2D eigenvalue weighted by Crippen LogP contribution is -2.10. The molecule has 7 heteroatoms. The van der Waals surface area contributed by atoms with Gasteiger partial charge in [0.1, 0.15) is 17.3 Å². The van der Waals surface area contributed by atoms with Gasteiger partial charge >= 0.3 is 0 Å². The average Bonchev–Trinajstić information content (AvgIpc) is 2.61. The van der Waals surface area contributed by atoms with Crippen molar-refractivity contribution >= 4 is 11.5 Å². The summed E-state index contributed by atoms with van der Waals surface area (Å²) in [6.45, 7) is 4.81. The van der Waals surface area contributed by atoms with Crippen LogP contribution in [-0.4, -0.2) is 29.0 Å². The number of aromatic nitrogens is 2. The topological polar surface area (TPSA) is 120 Å². The van der Waals surface area contributed by atoms with Gasteiger partial charge < -0.3 is 20.9 Å².